The average molecular weight is 350 g/mol. The Hall–Kier alpha value is -2.95. The van der Waals surface area contributed by atoms with Gasteiger partial charge in [0.1, 0.15) is 6.04 Å². The molecule has 1 aliphatic rings. The minimum absolute atomic E-state index is 0.288. The van der Waals surface area contributed by atoms with Crippen molar-refractivity contribution in [2.75, 3.05) is 11.9 Å². The maximum Gasteiger partial charge on any atom is 0.309 e. The molecule has 26 heavy (non-hydrogen) atoms. The normalized spacial score (nSPS) is 17.9. The molecule has 0 fully saturated rings. The van der Waals surface area contributed by atoms with E-state index in [-0.39, 0.29) is 5.91 Å². The smallest absolute Gasteiger partial charge is 0.309 e. The number of rotatable bonds is 5. The van der Waals surface area contributed by atoms with Crippen molar-refractivity contribution in [3.63, 3.8) is 0 Å². The highest BCUT2D eigenvalue weighted by atomic mass is 16.4. The van der Waals surface area contributed by atoms with E-state index in [0.717, 1.165) is 16.8 Å². The highest BCUT2D eigenvalue weighted by Crippen LogP contribution is 2.30. The molecule has 2 aromatic carbocycles. The zero-order valence-corrected chi connectivity index (χ0v) is 14.9. The quantitative estimate of drug-likeness (QED) is 0.899. The number of carboxylic acid groups (broad SMARTS) is 1. The topological polar surface area (TPSA) is 70.0 Å². The van der Waals surface area contributed by atoms with Crippen molar-refractivity contribution in [3.05, 3.63) is 65.7 Å². The molecule has 1 unspecified atom stereocenters. The Bertz CT molecular complexity index is 845. The van der Waals surface area contributed by atoms with Gasteiger partial charge in [-0.15, -0.1) is 0 Å². The molecule has 134 valence electrons. The predicted molar refractivity (Wildman–Crippen MR) is 102 cm³/mol. The fourth-order valence-electron chi connectivity index (χ4n) is 3.36. The average Bonchev–Trinajstić information content (AvgIpc) is 2.77. The van der Waals surface area contributed by atoms with Crippen LogP contribution in [0, 0.1) is 5.92 Å². The first-order chi connectivity index (χ1) is 12.5. The summed E-state index contributed by atoms with van der Waals surface area (Å²) in [5, 5.41) is 9.69. The highest BCUT2D eigenvalue weighted by Gasteiger charge is 2.38. The van der Waals surface area contributed by atoms with E-state index in [9.17, 15) is 14.7 Å². The lowest BCUT2D eigenvalue weighted by Gasteiger charge is -2.23. The number of benzene rings is 2. The number of anilines is 1. The van der Waals surface area contributed by atoms with Crippen molar-refractivity contribution in [3.8, 4) is 0 Å². The molecular formula is C21H22N2O3. The lowest BCUT2D eigenvalue weighted by Crippen LogP contribution is -2.41. The number of benzodiazepines with no additional fused rings is 1. The Kier molecular flexibility index (Phi) is 5.16. The van der Waals surface area contributed by atoms with Crippen molar-refractivity contribution >= 4 is 23.3 Å². The lowest BCUT2D eigenvalue weighted by molar-refractivity contribution is -0.144. The summed E-state index contributed by atoms with van der Waals surface area (Å²) in [5.41, 5.74) is 3.10. The van der Waals surface area contributed by atoms with E-state index in [2.05, 4.69) is 0 Å². The molecule has 0 saturated carbocycles. The Morgan fingerprint density at radius 1 is 1.15 bits per heavy atom. The molecule has 0 aliphatic carbocycles. The number of carbonyl (C=O) groups excluding carboxylic acids is 1. The van der Waals surface area contributed by atoms with Gasteiger partial charge in [0.2, 0.25) is 0 Å². The van der Waals surface area contributed by atoms with Gasteiger partial charge >= 0.3 is 5.97 Å². The fourth-order valence-corrected chi connectivity index (χ4v) is 3.36. The van der Waals surface area contributed by atoms with Crippen molar-refractivity contribution < 1.29 is 14.7 Å². The first-order valence-electron chi connectivity index (χ1n) is 8.77. The van der Waals surface area contributed by atoms with Gasteiger partial charge in [-0.05, 0) is 12.5 Å². The van der Waals surface area contributed by atoms with Crippen LogP contribution in [-0.4, -0.2) is 35.8 Å². The van der Waals surface area contributed by atoms with E-state index in [4.69, 9.17) is 4.99 Å². The second kappa shape index (κ2) is 7.52. The summed E-state index contributed by atoms with van der Waals surface area (Å²) in [4.78, 5) is 31.1. The predicted octanol–water partition coefficient (Wildman–Crippen LogP) is 3.37. The second-order valence-corrected chi connectivity index (χ2v) is 6.44. The number of aliphatic imine (C=N–C) groups is 1. The molecule has 0 spiro atoms. The van der Waals surface area contributed by atoms with Gasteiger partial charge in [0.15, 0.2) is 0 Å². The number of nitrogens with zero attached hydrogens (tertiary/aromatic N) is 2. The van der Waals surface area contributed by atoms with Crippen LogP contribution in [0.5, 0.6) is 0 Å². The van der Waals surface area contributed by atoms with E-state index in [1.807, 2.05) is 61.5 Å². The van der Waals surface area contributed by atoms with Crippen LogP contribution in [0.15, 0.2) is 59.6 Å². The molecule has 3 rings (SSSR count). The molecule has 1 heterocycles. The molecule has 1 aliphatic heterocycles. The lowest BCUT2D eigenvalue weighted by atomic mass is 9.94. The third-order valence-electron chi connectivity index (χ3n) is 4.72. The van der Waals surface area contributed by atoms with Crippen molar-refractivity contribution in [2.45, 2.75) is 25.8 Å². The zero-order valence-electron chi connectivity index (χ0n) is 14.9. The van der Waals surface area contributed by atoms with Crippen LogP contribution in [0.25, 0.3) is 0 Å². The van der Waals surface area contributed by atoms with Crippen LogP contribution in [-0.2, 0) is 9.59 Å². The minimum Gasteiger partial charge on any atom is -0.481 e. The number of carboxylic acids is 1. The minimum atomic E-state index is -0.985. The van der Waals surface area contributed by atoms with Crippen LogP contribution in [0.3, 0.4) is 0 Å². The van der Waals surface area contributed by atoms with Gasteiger partial charge in [-0.1, -0.05) is 61.9 Å². The summed E-state index contributed by atoms with van der Waals surface area (Å²) in [6.45, 7) is 1.91. The molecule has 1 N–H and O–H groups in total. The standard InChI is InChI=1S/C21H22N2O3/c1-3-9-16(21(25)26)19-20(24)23(2)17-13-8-7-12-15(17)18(22-19)14-10-5-4-6-11-14/h4-8,10-13,16,19H,3,9H2,1-2H3,(H,25,26)/t16?,19-/m0/s1. The summed E-state index contributed by atoms with van der Waals surface area (Å²) >= 11 is 0. The Labute approximate surface area is 153 Å². The van der Waals surface area contributed by atoms with Gasteiger partial charge in [0.25, 0.3) is 5.91 Å². The number of likely N-dealkylation sites (N-methyl/N-ethyl adjacent to an activating group) is 1. The number of aliphatic carboxylic acids is 1. The molecule has 5 nitrogen and oxygen atoms in total. The van der Waals surface area contributed by atoms with Crippen LogP contribution < -0.4 is 4.90 Å². The van der Waals surface area contributed by atoms with Crippen LogP contribution in [0.2, 0.25) is 0 Å². The van der Waals surface area contributed by atoms with Crippen molar-refractivity contribution in [1.29, 1.82) is 0 Å². The maximum atomic E-state index is 13.1. The van der Waals surface area contributed by atoms with E-state index in [1.165, 1.54) is 4.90 Å². The summed E-state index contributed by atoms with van der Waals surface area (Å²) in [7, 11) is 1.68. The second-order valence-electron chi connectivity index (χ2n) is 6.44. The Morgan fingerprint density at radius 3 is 2.46 bits per heavy atom. The highest BCUT2D eigenvalue weighted by molar-refractivity contribution is 6.20. The first kappa shape index (κ1) is 17.9. The molecule has 0 bridgehead atoms. The fraction of sp³-hybridized carbons (Fsp3) is 0.286. The number of carbonyl (C=O) groups is 2. The summed E-state index contributed by atoms with van der Waals surface area (Å²) in [6, 6.07) is 16.2. The van der Waals surface area contributed by atoms with Gasteiger partial charge in [0, 0.05) is 18.2 Å². The van der Waals surface area contributed by atoms with Crippen molar-refractivity contribution in [2.24, 2.45) is 10.9 Å². The maximum absolute atomic E-state index is 13.1. The number of hydrogen-bond donors (Lipinski definition) is 1. The van der Waals surface area contributed by atoms with Gasteiger partial charge in [-0.25, -0.2) is 0 Å². The van der Waals surface area contributed by atoms with Gasteiger partial charge in [-0.3, -0.25) is 14.6 Å². The molecule has 1 amide bonds. The van der Waals surface area contributed by atoms with Gasteiger partial charge in [0.05, 0.1) is 17.3 Å². The molecular weight excluding hydrogens is 328 g/mol. The summed E-state index contributed by atoms with van der Waals surface area (Å²) < 4.78 is 0. The number of para-hydroxylation sites is 1. The molecule has 0 aromatic heterocycles. The van der Waals surface area contributed by atoms with E-state index < -0.39 is 17.9 Å². The molecule has 2 atom stereocenters. The number of amides is 1. The van der Waals surface area contributed by atoms with Crippen molar-refractivity contribution in [1.82, 2.24) is 0 Å². The molecule has 0 saturated heterocycles. The summed E-state index contributed by atoms with van der Waals surface area (Å²) in [5.74, 6) is -2.12. The molecule has 0 radical (unpaired) electrons. The first-order valence-corrected chi connectivity index (χ1v) is 8.77. The molecule has 2 aromatic rings. The monoisotopic (exact) mass is 350 g/mol. The third-order valence-corrected chi connectivity index (χ3v) is 4.72. The van der Waals surface area contributed by atoms with Gasteiger partial charge < -0.3 is 10.0 Å². The number of fused-ring (bicyclic) bond motifs is 1. The van der Waals surface area contributed by atoms with Gasteiger partial charge in [-0.2, -0.15) is 0 Å². The van der Waals surface area contributed by atoms with E-state index in [1.54, 1.807) is 7.05 Å². The summed E-state index contributed by atoms with van der Waals surface area (Å²) in [6.07, 6.45) is 1.08. The SMILES string of the molecule is CCCC(C(=O)O)[C@@H]1N=C(c2ccccc2)c2ccccc2N(C)C1=O. The molecule has 5 heteroatoms. The van der Waals surface area contributed by atoms with Crippen LogP contribution in [0.1, 0.15) is 30.9 Å². The van der Waals surface area contributed by atoms with E-state index >= 15 is 0 Å². The zero-order chi connectivity index (χ0) is 18.7. The Balaban J connectivity index is 2.22. The largest absolute Gasteiger partial charge is 0.481 e. The number of hydrogen-bond acceptors (Lipinski definition) is 3. The Morgan fingerprint density at radius 2 is 1.81 bits per heavy atom. The van der Waals surface area contributed by atoms with Crippen LogP contribution in [0.4, 0.5) is 5.69 Å². The van der Waals surface area contributed by atoms with Crippen LogP contribution >= 0.6 is 0 Å². The van der Waals surface area contributed by atoms with E-state index in [0.29, 0.717) is 18.6 Å². The third kappa shape index (κ3) is 3.25.